The molecule has 0 unspecified atom stereocenters. The first-order valence-electron chi connectivity index (χ1n) is 8.68. The summed E-state index contributed by atoms with van der Waals surface area (Å²) in [6, 6.07) is 6.07. The molecule has 1 aliphatic rings. The van der Waals surface area contributed by atoms with E-state index in [9.17, 15) is 0 Å². The summed E-state index contributed by atoms with van der Waals surface area (Å²) in [4.78, 5) is 13.4. The van der Waals surface area contributed by atoms with Crippen molar-refractivity contribution in [2.75, 3.05) is 7.11 Å². The smallest absolute Gasteiger partial charge is 0.177 e. The van der Waals surface area contributed by atoms with E-state index in [1.807, 2.05) is 29.8 Å². The molecule has 7 nitrogen and oxygen atoms in total. The molecule has 1 aliphatic carbocycles. The summed E-state index contributed by atoms with van der Waals surface area (Å²) < 4.78 is 12.5. The standard InChI is InChI=1S/C20H17N5O2/c1-12-5-14(24-27-12)10-25-11-23-20-19(25)6-13(8-22-20)16-3-4-18-17(16)7-15(26-2)9-21-18/h3,5-9,11H,4,10H2,1-2H3. The Morgan fingerprint density at radius 2 is 2.07 bits per heavy atom. The van der Waals surface area contributed by atoms with Crippen LogP contribution in [0, 0.1) is 6.92 Å². The summed E-state index contributed by atoms with van der Waals surface area (Å²) in [5, 5.41) is 4.07. The molecule has 0 aliphatic heterocycles. The van der Waals surface area contributed by atoms with E-state index in [1.165, 1.54) is 0 Å². The number of methoxy groups -OCH3 is 1. The van der Waals surface area contributed by atoms with Crippen LogP contribution in [0.3, 0.4) is 0 Å². The van der Waals surface area contributed by atoms with E-state index >= 15 is 0 Å². The molecule has 0 aromatic carbocycles. The maximum Gasteiger partial charge on any atom is 0.177 e. The Kier molecular flexibility index (Phi) is 3.53. The van der Waals surface area contributed by atoms with E-state index in [0.717, 1.165) is 51.5 Å². The van der Waals surface area contributed by atoms with Crippen LogP contribution in [0.1, 0.15) is 28.3 Å². The third-order valence-electron chi connectivity index (χ3n) is 4.77. The van der Waals surface area contributed by atoms with Crippen molar-refractivity contribution in [3.63, 3.8) is 0 Å². The minimum absolute atomic E-state index is 0.587. The number of allylic oxidation sites excluding steroid dienone is 1. The summed E-state index contributed by atoms with van der Waals surface area (Å²) in [6.45, 7) is 2.47. The first-order chi connectivity index (χ1) is 13.2. The number of aryl methyl sites for hydroxylation is 1. The van der Waals surface area contributed by atoms with Crippen molar-refractivity contribution in [3.8, 4) is 5.75 Å². The number of hydrogen-bond acceptors (Lipinski definition) is 6. The highest BCUT2D eigenvalue weighted by Gasteiger charge is 2.19. The van der Waals surface area contributed by atoms with E-state index in [0.29, 0.717) is 12.2 Å². The summed E-state index contributed by atoms with van der Waals surface area (Å²) in [5.41, 5.74) is 6.83. The fraction of sp³-hybridized carbons (Fsp3) is 0.200. The van der Waals surface area contributed by atoms with Crippen LogP contribution in [0.15, 0.2) is 47.5 Å². The fourth-order valence-corrected chi connectivity index (χ4v) is 3.45. The molecule has 0 atom stereocenters. The van der Waals surface area contributed by atoms with E-state index in [2.05, 4.69) is 32.3 Å². The first-order valence-corrected chi connectivity index (χ1v) is 8.68. The van der Waals surface area contributed by atoms with Gasteiger partial charge in [0.15, 0.2) is 5.65 Å². The third-order valence-corrected chi connectivity index (χ3v) is 4.77. The van der Waals surface area contributed by atoms with Gasteiger partial charge >= 0.3 is 0 Å². The highest BCUT2D eigenvalue weighted by molar-refractivity contribution is 5.87. The van der Waals surface area contributed by atoms with E-state index < -0.39 is 0 Å². The van der Waals surface area contributed by atoms with Gasteiger partial charge in [0.1, 0.15) is 17.2 Å². The molecule has 4 heterocycles. The number of rotatable bonds is 4. The zero-order valence-electron chi connectivity index (χ0n) is 15.0. The molecular weight excluding hydrogens is 342 g/mol. The number of imidazole rings is 1. The summed E-state index contributed by atoms with van der Waals surface area (Å²) in [6.07, 6.45) is 8.39. The van der Waals surface area contributed by atoms with Crippen LogP contribution in [0.25, 0.3) is 16.7 Å². The van der Waals surface area contributed by atoms with Crippen molar-refractivity contribution in [1.82, 2.24) is 24.7 Å². The van der Waals surface area contributed by atoms with Gasteiger partial charge in [-0.15, -0.1) is 0 Å². The Morgan fingerprint density at radius 3 is 2.89 bits per heavy atom. The van der Waals surface area contributed by atoms with Crippen LogP contribution >= 0.6 is 0 Å². The van der Waals surface area contributed by atoms with Crippen LogP contribution in [-0.4, -0.2) is 31.8 Å². The summed E-state index contributed by atoms with van der Waals surface area (Å²) in [5.74, 6) is 1.55. The Balaban J connectivity index is 1.55. The zero-order chi connectivity index (χ0) is 18.4. The molecule has 27 heavy (non-hydrogen) atoms. The highest BCUT2D eigenvalue weighted by atomic mass is 16.5. The van der Waals surface area contributed by atoms with Crippen molar-refractivity contribution >= 4 is 16.7 Å². The average Bonchev–Trinajstić information content (AvgIpc) is 3.40. The number of pyridine rings is 2. The topological polar surface area (TPSA) is 78.9 Å². The molecule has 4 aromatic rings. The minimum atomic E-state index is 0.587. The van der Waals surface area contributed by atoms with Gasteiger partial charge in [-0.3, -0.25) is 4.98 Å². The van der Waals surface area contributed by atoms with Crippen LogP contribution < -0.4 is 4.74 Å². The van der Waals surface area contributed by atoms with E-state index in [-0.39, 0.29) is 0 Å². The molecule has 4 aromatic heterocycles. The number of ether oxygens (including phenoxy) is 1. The lowest BCUT2D eigenvalue weighted by atomic mass is 10.0. The first kappa shape index (κ1) is 15.7. The number of aromatic nitrogens is 5. The molecule has 0 saturated carbocycles. The molecule has 134 valence electrons. The molecule has 0 radical (unpaired) electrons. The second-order valence-electron chi connectivity index (χ2n) is 6.56. The SMILES string of the molecule is COc1cnc2c(c1)C(c1cnc3ncn(Cc4cc(C)on4)c3c1)=CC2. The van der Waals surface area contributed by atoms with Crippen molar-refractivity contribution < 1.29 is 9.26 Å². The van der Waals surface area contributed by atoms with Gasteiger partial charge in [-0.25, -0.2) is 9.97 Å². The van der Waals surface area contributed by atoms with Crippen LogP contribution in [0.2, 0.25) is 0 Å². The molecule has 7 heteroatoms. The van der Waals surface area contributed by atoms with Gasteiger partial charge in [0, 0.05) is 29.8 Å². The van der Waals surface area contributed by atoms with Gasteiger partial charge in [0.25, 0.3) is 0 Å². The van der Waals surface area contributed by atoms with Crippen molar-refractivity contribution in [1.29, 1.82) is 0 Å². The zero-order valence-corrected chi connectivity index (χ0v) is 15.0. The molecule has 0 amide bonds. The van der Waals surface area contributed by atoms with Gasteiger partial charge in [0.2, 0.25) is 0 Å². The maximum atomic E-state index is 5.33. The number of hydrogen-bond donors (Lipinski definition) is 0. The fourth-order valence-electron chi connectivity index (χ4n) is 3.45. The summed E-state index contributed by atoms with van der Waals surface area (Å²) in [7, 11) is 1.65. The third kappa shape index (κ3) is 2.68. The molecular formula is C20H17N5O2. The lowest BCUT2D eigenvalue weighted by Crippen LogP contribution is -1.99. The lowest BCUT2D eigenvalue weighted by molar-refractivity contribution is 0.389. The average molecular weight is 359 g/mol. The Bertz CT molecular complexity index is 1190. The van der Waals surface area contributed by atoms with E-state index in [1.54, 1.807) is 19.6 Å². The quantitative estimate of drug-likeness (QED) is 0.557. The second-order valence-corrected chi connectivity index (χ2v) is 6.56. The normalized spacial score (nSPS) is 13.0. The van der Waals surface area contributed by atoms with Gasteiger partial charge in [-0.05, 0) is 24.6 Å². The number of fused-ring (bicyclic) bond motifs is 2. The van der Waals surface area contributed by atoms with Crippen LogP contribution in [0.4, 0.5) is 0 Å². The van der Waals surface area contributed by atoms with Gasteiger partial charge in [0.05, 0.1) is 37.4 Å². The predicted octanol–water partition coefficient (Wildman–Crippen LogP) is 3.17. The van der Waals surface area contributed by atoms with E-state index in [4.69, 9.17) is 9.26 Å². The Hall–Kier alpha value is -3.48. The van der Waals surface area contributed by atoms with Gasteiger partial charge < -0.3 is 13.8 Å². The molecule has 0 spiro atoms. The van der Waals surface area contributed by atoms with Crippen LogP contribution in [-0.2, 0) is 13.0 Å². The Morgan fingerprint density at radius 1 is 1.15 bits per heavy atom. The predicted molar refractivity (Wildman–Crippen MR) is 99.4 cm³/mol. The lowest BCUT2D eigenvalue weighted by Gasteiger charge is -2.08. The maximum absolute atomic E-state index is 5.33. The molecule has 5 rings (SSSR count). The monoisotopic (exact) mass is 359 g/mol. The largest absolute Gasteiger partial charge is 0.495 e. The minimum Gasteiger partial charge on any atom is -0.495 e. The van der Waals surface area contributed by atoms with Crippen LogP contribution in [0.5, 0.6) is 5.75 Å². The Labute approximate surface area is 155 Å². The van der Waals surface area contributed by atoms with Crippen molar-refractivity contribution in [2.24, 2.45) is 0 Å². The highest BCUT2D eigenvalue weighted by Crippen LogP contribution is 2.34. The van der Waals surface area contributed by atoms with Crippen molar-refractivity contribution in [3.05, 3.63) is 71.3 Å². The molecule has 0 N–H and O–H groups in total. The number of nitrogens with zero attached hydrogens (tertiary/aromatic N) is 5. The summed E-state index contributed by atoms with van der Waals surface area (Å²) >= 11 is 0. The van der Waals surface area contributed by atoms with Gasteiger partial charge in [-0.1, -0.05) is 11.2 Å². The second kappa shape index (κ2) is 6.05. The molecule has 0 bridgehead atoms. The molecule has 0 fully saturated rings. The molecule has 0 saturated heterocycles. The van der Waals surface area contributed by atoms with Crippen molar-refractivity contribution in [2.45, 2.75) is 19.9 Å². The van der Waals surface area contributed by atoms with Gasteiger partial charge in [-0.2, -0.15) is 0 Å².